The second kappa shape index (κ2) is 8.59. The van der Waals surface area contributed by atoms with Crippen molar-refractivity contribution in [2.75, 3.05) is 26.7 Å². The van der Waals surface area contributed by atoms with Crippen LogP contribution in [0.5, 0.6) is 0 Å². The summed E-state index contributed by atoms with van der Waals surface area (Å²) < 4.78 is 0. The zero-order chi connectivity index (χ0) is 14.5. The lowest BCUT2D eigenvalue weighted by Crippen LogP contribution is -2.43. The van der Waals surface area contributed by atoms with E-state index in [2.05, 4.69) is 5.32 Å². The Morgan fingerprint density at radius 1 is 1.38 bits per heavy atom. The van der Waals surface area contributed by atoms with Crippen LogP contribution in [0.15, 0.2) is 24.3 Å². The summed E-state index contributed by atoms with van der Waals surface area (Å²) in [5.41, 5.74) is 0.898. The number of likely N-dealkylation sites (tertiary alicyclic amines) is 1. The van der Waals surface area contributed by atoms with E-state index in [1.54, 1.807) is 19.2 Å². The largest absolute Gasteiger partial charge is 0.388 e. The summed E-state index contributed by atoms with van der Waals surface area (Å²) in [6, 6.07) is 7.33. The Bertz CT molecular complexity index is 445. The predicted octanol–water partition coefficient (Wildman–Crippen LogP) is 2.25. The highest BCUT2D eigenvalue weighted by Gasteiger charge is 2.27. The van der Waals surface area contributed by atoms with Crippen LogP contribution in [0.1, 0.15) is 24.5 Å². The van der Waals surface area contributed by atoms with Gasteiger partial charge in [-0.3, -0.25) is 4.79 Å². The van der Waals surface area contributed by atoms with Crippen molar-refractivity contribution in [1.29, 1.82) is 0 Å². The highest BCUT2D eigenvalue weighted by Crippen LogP contribution is 2.31. The summed E-state index contributed by atoms with van der Waals surface area (Å²) in [6.07, 6.45) is 1.19. The smallest absolute Gasteiger partial charge is 0.236 e. The minimum atomic E-state index is -0.478. The molecule has 1 fully saturated rings. The zero-order valence-electron chi connectivity index (χ0n) is 12.1. The van der Waals surface area contributed by atoms with Gasteiger partial charge in [-0.05, 0) is 43.5 Å². The number of aliphatic hydroxyl groups excluding tert-OH is 1. The Kier molecular flexibility index (Phi) is 7.46. The molecule has 1 amide bonds. The van der Waals surface area contributed by atoms with Gasteiger partial charge in [-0.25, -0.2) is 0 Å². The van der Waals surface area contributed by atoms with Gasteiger partial charge in [-0.1, -0.05) is 23.7 Å². The molecule has 1 unspecified atom stereocenters. The molecule has 21 heavy (non-hydrogen) atoms. The molecule has 1 aliphatic heterocycles. The topological polar surface area (TPSA) is 52.6 Å². The molecule has 1 saturated heterocycles. The highest BCUT2D eigenvalue weighted by atomic mass is 35.5. The summed E-state index contributed by atoms with van der Waals surface area (Å²) in [4.78, 5) is 13.6. The lowest BCUT2D eigenvalue weighted by Gasteiger charge is -2.34. The number of hydrogen-bond donors (Lipinski definition) is 2. The number of nitrogens with zero attached hydrogens (tertiary/aromatic N) is 1. The van der Waals surface area contributed by atoms with Gasteiger partial charge in [0.1, 0.15) is 0 Å². The van der Waals surface area contributed by atoms with E-state index >= 15 is 0 Å². The lowest BCUT2D eigenvalue weighted by molar-refractivity contribution is -0.132. The number of piperidine rings is 1. The average Bonchev–Trinajstić information content (AvgIpc) is 2.48. The molecule has 0 spiro atoms. The van der Waals surface area contributed by atoms with Crippen molar-refractivity contribution in [2.24, 2.45) is 5.92 Å². The quantitative estimate of drug-likeness (QED) is 0.889. The van der Waals surface area contributed by atoms with Crippen LogP contribution in [-0.4, -0.2) is 42.6 Å². The average molecular weight is 333 g/mol. The number of hydrogen-bond acceptors (Lipinski definition) is 3. The highest BCUT2D eigenvalue weighted by molar-refractivity contribution is 6.30. The van der Waals surface area contributed by atoms with Crippen LogP contribution in [0.25, 0.3) is 0 Å². The van der Waals surface area contributed by atoms with Gasteiger partial charge in [-0.2, -0.15) is 0 Å². The predicted molar refractivity (Wildman–Crippen MR) is 86.9 cm³/mol. The zero-order valence-corrected chi connectivity index (χ0v) is 13.7. The number of benzene rings is 1. The fourth-order valence-electron chi connectivity index (χ4n) is 2.66. The number of carbonyl (C=O) groups excluding carboxylic acids is 1. The van der Waals surface area contributed by atoms with Crippen molar-refractivity contribution in [3.05, 3.63) is 34.9 Å². The Morgan fingerprint density at radius 2 is 1.95 bits per heavy atom. The lowest BCUT2D eigenvalue weighted by atomic mass is 9.87. The van der Waals surface area contributed by atoms with Gasteiger partial charge in [-0.15, -0.1) is 12.4 Å². The van der Waals surface area contributed by atoms with E-state index < -0.39 is 6.10 Å². The third kappa shape index (κ3) is 4.85. The van der Waals surface area contributed by atoms with Crippen LogP contribution >= 0.6 is 24.0 Å². The Hall–Kier alpha value is -0.810. The van der Waals surface area contributed by atoms with Gasteiger partial charge in [0.2, 0.25) is 5.91 Å². The third-order valence-electron chi connectivity index (χ3n) is 3.88. The van der Waals surface area contributed by atoms with Crippen LogP contribution in [-0.2, 0) is 4.79 Å². The molecule has 4 nitrogen and oxygen atoms in total. The first-order valence-corrected chi connectivity index (χ1v) is 7.35. The van der Waals surface area contributed by atoms with Crippen molar-refractivity contribution >= 4 is 29.9 Å². The summed E-state index contributed by atoms with van der Waals surface area (Å²) in [6.45, 7) is 1.82. The minimum Gasteiger partial charge on any atom is -0.388 e. The first-order chi connectivity index (χ1) is 9.61. The van der Waals surface area contributed by atoms with Crippen molar-refractivity contribution in [2.45, 2.75) is 18.9 Å². The second-order valence-electron chi connectivity index (χ2n) is 5.24. The Morgan fingerprint density at radius 3 is 2.48 bits per heavy atom. The molecular formula is C15H22Cl2N2O2. The van der Waals surface area contributed by atoms with Crippen molar-refractivity contribution < 1.29 is 9.90 Å². The molecule has 1 heterocycles. The molecule has 118 valence electrons. The number of likely N-dealkylation sites (N-methyl/N-ethyl adjacent to an activating group) is 1. The van der Waals surface area contributed by atoms with E-state index in [1.165, 1.54) is 0 Å². The first kappa shape index (κ1) is 18.2. The maximum Gasteiger partial charge on any atom is 0.236 e. The Balaban J connectivity index is 0.00000220. The van der Waals surface area contributed by atoms with E-state index in [1.807, 2.05) is 17.0 Å². The molecule has 2 rings (SSSR count). The van der Waals surface area contributed by atoms with Gasteiger partial charge >= 0.3 is 0 Å². The van der Waals surface area contributed by atoms with Crippen molar-refractivity contribution in [3.63, 3.8) is 0 Å². The van der Waals surface area contributed by atoms with E-state index in [0.29, 0.717) is 11.6 Å². The van der Waals surface area contributed by atoms with E-state index in [0.717, 1.165) is 31.5 Å². The van der Waals surface area contributed by atoms with Crippen LogP contribution in [0.4, 0.5) is 0 Å². The van der Waals surface area contributed by atoms with Crippen LogP contribution in [0, 0.1) is 5.92 Å². The van der Waals surface area contributed by atoms with Crippen LogP contribution in [0.3, 0.4) is 0 Å². The Labute approximate surface area is 136 Å². The van der Waals surface area contributed by atoms with Gasteiger partial charge in [0.25, 0.3) is 0 Å². The number of nitrogens with one attached hydrogen (secondary N) is 1. The first-order valence-electron chi connectivity index (χ1n) is 6.97. The van der Waals surface area contributed by atoms with Gasteiger partial charge in [0, 0.05) is 18.1 Å². The molecule has 2 N–H and O–H groups in total. The molecule has 0 aromatic heterocycles. The number of rotatable bonds is 4. The maximum atomic E-state index is 11.8. The SMILES string of the molecule is CNCC(=O)N1CCC(C(O)c2ccc(Cl)cc2)CC1.Cl. The third-order valence-corrected chi connectivity index (χ3v) is 4.13. The van der Waals surface area contributed by atoms with Crippen molar-refractivity contribution in [3.8, 4) is 0 Å². The molecular weight excluding hydrogens is 311 g/mol. The number of amides is 1. The fraction of sp³-hybridized carbons (Fsp3) is 0.533. The molecule has 0 bridgehead atoms. The fourth-order valence-corrected chi connectivity index (χ4v) is 2.79. The molecule has 1 aromatic rings. The second-order valence-corrected chi connectivity index (χ2v) is 5.68. The van der Waals surface area contributed by atoms with Crippen LogP contribution < -0.4 is 5.32 Å². The van der Waals surface area contributed by atoms with Gasteiger partial charge in [0.15, 0.2) is 0 Å². The van der Waals surface area contributed by atoms with E-state index in [-0.39, 0.29) is 24.2 Å². The minimum absolute atomic E-state index is 0. The summed E-state index contributed by atoms with van der Waals surface area (Å²) in [7, 11) is 1.77. The van der Waals surface area contributed by atoms with Gasteiger partial charge < -0.3 is 15.3 Å². The summed E-state index contributed by atoms with van der Waals surface area (Å²) in [5, 5.41) is 14.0. The summed E-state index contributed by atoms with van der Waals surface area (Å²) in [5.74, 6) is 0.335. The van der Waals surface area contributed by atoms with E-state index in [4.69, 9.17) is 11.6 Å². The number of aliphatic hydroxyl groups is 1. The summed E-state index contributed by atoms with van der Waals surface area (Å²) >= 11 is 5.85. The maximum absolute atomic E-state index is 11.8. The molecule has 1 aromatic carbocycles. The number of halogens is 2. The van der Waals surface area contributed by atoms with Gasteiger partial charge in [0.05, 0.1) is 12.6 Å². The molecule has 1 aliphatic rings. The van der Waals surface area contributed by atoms with Crippen LogP contribution in [0.2, 0.25) is 5.02 Å². The normalized spacial score (nSPS) is 17.2. The van der Waals surface area contributed by atoms with Crippen molar-refractivity contribution in [1.82, 2.24) is 10.2 Å². The molecule has 6 heteroatoms. The molecule has 1 atom stereocenters. The van der Waals surface area contributed by atoms with E-state index in [9.17, 15) is 9.90 Å². The molecule has 0 aliphatic carbocycles. The molecule has 0 radical (unpaired) electrons. The number of carbonyl (C=O) groups is 1. The monoisotopic (exact) mass is 332 g/mol. The standard InChI is InChI=1S/C15H21ClN2O2.ClH/c1-17-10-14(19)18-8-6-12(7-9-18)15(20)11-2-4-13(16)5-3-11;/h2-5,12,15,17,20H,6-10H2,1H3;1H. The molecule has 0 saturated carbocycles.